The summed E-state index contributed by atoms with van der Waals surface area (Å²) < 4.78 is 11.8. The van der Waals surface area contributed by atoms with Crippen molar-refractivity contribution in [1.82, 2.24) is 0 Å². The molecule has 4 saturated carbocycles. The molecule has 4 aliphatic rings. The summed E-state index contributed by atoms with van der Waals surface area (Å²) in [6.45, 7) is 0.500. The van der Waals surface area contributed by atoms with Gasteiger partial charge >= 0.3 is 5.97 Å². The largest absolute Gasteiger partial charge is 0.424 e. The van der Waals surface area contributed by atoms with Crippen molar-refractivity contribution in [2.24, 2.45) is 23.7 Å². The normalized spacial score (nSPS) is 28.0. The van der Waals surface area contributed by atoms with Crippen LogP contribution >= 0.6 is 12.6 Å². The van der Waals surface area contributed by atoms with E-state index in [0.717, 1.165) is 75.7 Å². The third-order valence-corrected chi connectivity index (χ3v) is 8.70. The van der Waals surface area contributed by atoms with E-state index in [1.54, 1.807) is 0 Å². The van der Waals surface area contributed by atoms with E-state index < -0.39 is 5.79 Å². The van der Waals surface area contributed by atoms with Gasteiger partial charge in [0.1, 0.15) is 0 Å². The number of hydrogen-bond donors (Lipinski definition) is 1. The highest BCUT2D eigenvalue weighted by molar-refractivity contribution is 7.85. The van der Waals surface area contributed by atoms with Crippen molar-refractivity contribution < 1.29 is 19.1 Å². The quantitative estimate of drug-likeness (QED) is 0.165. The summed E-state index contributed by atoms with van der Waals surface area (Å²) in [5.41, 5.74) is 1.16. The van der Waals surface area contributed by atoms with Crippen molar-refractivity contribution in [2.75, 3.05) is 0 Å². The highest BCUT2D eigenvalue weighted by Gasteiger charge is 2.53. The summed E-state index contributed by atoms with van der Waals surface area (Å²) in [4.78, 5) is 25.1. The second-order valence-corrected chi connectivity index (χ2v) is 10.2. The van der Waals surface area contributed by atoms with Gasteiger partial charge in [0, 0.05) is 11.8 Å². The number of carbonyl (C=O) groups is 2. The predicted molar refractivity (Wildman–Crippen MR) is 115 cm³/mol. The molecule has 0 N–H and O–H groups in total. The van der Waals surface area contributed by atoms with Gasteiger partial charge in [-0.3, -0.25) is 4.79 Å². The van der Waals surface area contributed by atoms with Gasteiger partial charge in [-0.2, -0.15) is 0 Å². The van der Waals surface area contributed by atoms with Crippen LogP contribution in [0.4, 0.5) is 0 Å². The molecule has 0 spiro atoms. The minimum atomic E-state index is -1.09. The van der Waals surface area contributed by atoms with Crippen LogP contribution in [-0.2, 0) is 19.1 Å². The molecule has 162 valence electrons. The van der Waals surface area contributed by atoms with Crippen LogP contribution in [0.5, 0.6) is 0 Å². The third-order valence-electron chi connectivity index (χ3n) is 8.23. The second kappa shape index (κ2) is 9.45. The molecule has 0 bridgehead atoms. The fourth-order valence-corrected chi connectivity index (χ4v) is 6.45. The summed E-state index contributed by atoms with van der Waals surface area (Å²) in [5, 5.41) is 0. The number of rotatable bonds is 9. The SMILES string of the molecule is O=COC(OC(=O)/C(S)=C1/CCC1CCC1CCC1)(C1CCCC1)C1CCCC1. The van der Waals surface area contributed by atoms with Gasteiger partial charge < -0.3 is 9.47 Å². The molecule has 5 heteroatoms. The first-order valence-electron chi connectivity index (χ1n) is 11.9. The van der Waals surface area contributed by atoms with Gasteiger partial charge in [0.15, 0.2) is 0 Å². The molecule has 1 atom stereocenters. The van der Waals surface area contributed by atoms with E-state index in [-0.39, 0.29) is 17.8 Å². The molecule has 29 heavy (non-hydrogen) atoms. The lowest BCUT2D eigenvalue weighted by Crippen LogP contribution is -2.50. The van der Waals surface area contributed by atoms with E-state index in [0.29, 0.717) is 17.3 Å². The smallest absolute Gasteiger partial charge is 0.347 e. The summed E-state index contributed by atoms with van der Waals surface area (Å²) in [5.74, 6) is 0.132. The standard InChI is InChI=1S/C24H36O4S/c25-16-27-24(19-8-1-2-9-19,20-10-3-4-11-20)28-23(26)22(29)21-15-14-18(21)13-12-17-6-5-7-17/h16-20,29H,1-15H2/b22-21+. The molecule has 0 aromatic rings. The molecule has 1 unspecified atom stereocenters. The molecule has 0 amide bonds. The van der Waals surface area contributed by atoms with Gasteiger partial charge in [-0.05, 0) is 68.8 Å². The number of esters is 1. The third kappa shape index (κ3) is 4.40. The molecule has 0 saturated heterocycles. The predicted octanol–water partition coefficient (Wildman–Crippen LogP) is 5.95. The van der Waals surface area contributed by atoms with Gasteiger partial charge in [-0.25, -0.2) is 4.79 Å². The van der Waals surface area contributed by atoms with Crippen LogP contribution in [0.2, 0.25) is 0 Å². The lowest BCUT2D eigenvalue weighted by atomic mass is 9.72. The Morgan fingerprint density at radius 2 is 1.55 bits per heavy atom. The maximum Gasteiger partial charge on any atom is 0.347 e. The first-order valence-corrected chi connectivity index (χ1v) is 12.4. The fraction of sp³-hybridized carbons (Fsp3) is 0.833. The average molecular weight is 421 g/mol. The second-order valence-electron chi connectivity index (χ2n) is 9.77. The van der Waals surface area contributed by atoms with Crippen molar-refractivity contribution in [1.29, 1.82) is 0 Å². The van der Waals surface area contributed by atoms with Crippen LogP contribution < -0.4 is 0 Å². The number of allylic oxidation sites excluding steroid dienone is 1. The molecule has 4 nitrogen and oxygen atoms in total. The van der Waals surface area contributed by atoms with E-state index >= 15 is 0 Å². The summed E-state index contributed by atoms with van der Waals surface area (Å²) >= 11 is 4.62. The number of ether oxygens (including phenoxy) is 2. The summed E-state index contributed by atoms with van der Waals surface area (Å²) in [7, 11) is 0. The van der Waals surface area contributed by atoms with Crippen LogP contribution in [0, 0.1) is 23.7 Å². The van der Waals surface area contributed by atoms with Gasteiger partial charge in [0.05, 0.1) is 4.91 Å². The van der Waals surface area contributed by atoms with Gasteiger partial charge in [-0.1, -0.05) is 44.9 Å². The van der Waals surface area contributed by atoms with Crippen LogP contribution in [0.1, 0.15) is 96.3 Å². The zero-order valence-corrected chi connectivity index (χ0v) is 18.5. The van der Waals surface area contributed by atoms with Gasteiger partial charge in [0.2, 0.25) is 0 Å². The Morgan fingerprint density at radius 3 is 2.00 bits per heavy atom. The van der Waals surface area contributed by atoms with Crippen LogP contribution in [0.3, 0.4) is 0 Å². The van der Waals surface area contributed by atoms with E-state index in [1.807, 2.05) is 0 Å². The first kappa shape index (κ1) is 21.3. The Balaban J connectivity index is 1.48. The van der Waals surface area contributed by atoms with Crippen LogP contribution in [0.25, 0.3) is 0 Å². The van der Waals surface area contributed by atoms with Crippen molar-refractivity contribution in [3.05, 3.63) is 10.5 Å². The van der Waals surface area contributed by atoms with Crippen LogP contribution in [-0.4, -0.2) is 18.2 Å². The first-order chi connectivity index (χ1) is 14.1. The fourth-order valence-electron chi connectivity index (χ4n) is 6.11. The number of hydrogen-bond acceptors (Lipinski definition) is 5. The maximum atomic E-state index is 13.2. The van der Waals surface area contributed by atoms with Gasteiger partial charge in [-0.15, -0.1) is 12.6 Å². The lowest BCUT2D eigenvalue weighted by Gasteiger charge is -2.41. The van der Waals surface area contributed by atoms with E-state index in [2.05, 4.69) is 12.6 Å². The zero-order chi connectivity index (χ0) is 20.3. The molecule has 4 rings (SSSR count). The van der Waals surface area contributed by atoms with Gasteiger partial charge in [0.25, 0.3) is 12.3 Å². The maximum absolute atomic E-state index is 13.2. The highest BCUT2D eigenvalue weighted by atomic mass is 32.1. The molecule has 0 radical (unpaired) electrons. The van der Waals surface area contributed by atoms with Crippen molar-refractivity contribution in [2.45, 2.75) is 102 Å². The Labute approximate surface area is 180 Å². The molecule has 0 aliphatic heterocycles. The molecule has 0 aromatic heterocycles. The molecule has 0 aromatic carbocycles. The Bertz CT molecular complexity index is 611. The van der Waals surface area contributed by atoms with E-state index in [4.69, 9.17) is 9.47 Å². The summed E-state index contributed by atoms with van der Waals surface area (Å²) in [6.07, 6.45) is 16.9. The highest BCUT2D eigenvalue weighted by Crippen LogP contribution is 2.49. The Hall–Kier alpha value is -0.970. The molecular formula is C24H36O4S. The van der Waals surface area contributed by atoms with Crippen LogP contribution in [0.15, 0.2) is 10.5 Å². The van der Waals surface area contributed by atoms with Crippen molar-refractivity contribution in [3.63, 3.8) is 0 Å². The average Bonchev–Trinajstić information content (AvgIpc) is 3.36. The van der Waals surface area contributed by atoms with Crippen molar-refractivity contribution >= 4 is 25.1 Å². The molecule has 0 heterocycles. The van der Waals surface area contributed by atoms with E-state index in [1.165, 1.54) is 32.1 Å². The number of carbonyl (C=O) groups excluding carboxylic acids is 2. The number of thiol groups is 1. The molecule has 4 fully saturated rings. The monoisotopic (exact) mass is 420 g/mol. The Morgan fingerprint density at radius 1 is 0.931 bits per heavy atom. The lowest BCUT2D eigenvalue weighted by molar-refractivity contribution is -0.259. The van der Waals surface area contributed by atoms with Crippen molar-refractivity contribution in [3.8, 4) is 0 Å². The minimum Gasteiger partial charge on any atom is -0.424 e. The van der Waals surface area contributed by atoms with E-state index in [9.17, 15) is 9.59 Å². The molecule has 4 aliphatic carbocycles. The topological polar surface area (TPSA) is 52.6 Å². The Kier molecular flexibility index (Phi) is 6.93. The molecular weight excluding hydrogens is 384 g/mol. The minimum absolute atomic E-state index is 0.113. The zero-order valence-electron chi connectivity index (χ0n) is 17.6. The summed E-state index contributed by atoms with van der Waals surface area (Å²) in [6, 6.07) is 0.